The average molecular weight is 466 g/mol. The molecule has 0 radical (unpaired) electrons. The van der Waals surface area contributed by atoms with Gasteiger partial charge in [-0.05, 0) is 73.7 Å². The fourth-order valence-corrected chi connectivity index (χ4v) is 5.06. The summed E-state index contributed by atoms with van der Waals surface area (Å²) in [5, 5.41) is 0.962. The molecule has 5 nitrogen and oxygen atoms in total. The standard InChI is InChI=1S/C22H21Cl2NO4S/c1-15(21-14-19(28-2)10-13-22(21)29-3)25(18-8-4-16(23)5-9-18)30(26,27)20-11-6-17(24)7-12-20/h4-15H,1-3H3. The molecule has 0 spiro atoms. The highest BCUT2D eigenvalue weighted by atomic mass is 35.5. The Morgan fingerprint density at radius 3 is 1.93 bits per heavy atom. The van der Waals surface area contributed by atoms with Gasteiger partial charge in [0.1, 0.15) is 11.5 Å². The molecule has 0 N–H and O–H groups in total. The highest BCUT2D eigenvalue weighted by molar-refractivity contribution is 7.92. The molecule has 3 rings (SSSR count). The molecular formula is C22H21Cl2NO4S. The molecule has 0 saturated heterocycles. The molecule has 1 unspecified atom stereocenters. The van der Waals surface area contributed by atoms with Crippen molar-refractivity contribution >= 4 is 38.9 Å². The summed E-state index contributed by atoms with van der Waals surface area (Å²) in [5.41, 5.74) is 1.12. The van der Waals surface area contributed by atoms with Crippen LogP contribution in [-0.4, -0.2) is 22.6 Å². The summed E-state index contributed by atoms with van der Waals surface area (Å²) in [6, 6.07) is 17.4. The van der Waals surface area contributed by atoms with E-state index in [9.17, 15) is 8.42 Å². The van der Waals surface area contributed by atoms with Crippen LogP contribution in [0.4, 0.5) is 5.69 Å². The lowest BCUT2D eigenvalue weighted by molar-refractivity contribution is 0.396. The molecule has 3 aromatic rings. The molecule has 1 atom stereocenters. The number of nitrogens with zero attached hydrogens (tertiary/aromatic N) is 1. The summed E-state index contributed by atoms with van der Waals surface area (Å²) >= 11 is 12.0. The summed E-state index contributed by atoms with van der Waals surface area (Å²) < 4.78 is 39.5. The first-order chi connectivity index (χ1) is 14.3. The summed E-state index contributed by atoms with van der Waals surface area (Å²) in [5.74, 6) is 1.14. The molecule has 158 valence electrons. The van der Waals surface area contributed by atoms with Gasteiger partial charge in [-0.1, -0.05) is 23.2 Å². The highest BCUT2D eigenvalue weighted by Crippen LogP contribution is 2.38. The second-order valence-electron chi connectivity index (χ2n) is 6.52. The van der Waals surface area contributed by atoms with Gasteiger partial charge in [-0.15, -0.1) is 0 Å². The fourth-order valence-electron chi connectivity index (χ4n) is 3.17. The third-order valence-electron chi connectivity index (χ3n) is 4.69. The molecule has 3 aromatic carbocycles. The van der Waals surface area contributed by atoms with Crippen molar-refractivity contribution in [2.24, 2.45) is 0 Å². The third-order valence-corrected chi connectivity index (χ3v) is 7.11. The number of sulfonamides is 1. The van der Waals surface area contributed by atoms with Crippen LogP contribution in [0.25, 0.3) is 0 Å². The Bertz CT molecular complexity index is 1120. The minimum Gasteiger partial charge on any atom is -0.497 e. The van der Waals surface area contributed by atoms with Gasteiger partial charge in [-0.2, -0.15) is 0 Å². The Labute approximate surface area is 186 Å². The van der Waals surface area contributed by atoms with Crippen molar-refractivity contribution in [2.75, 3.05) is 18.5 Å². The van der Waals surface area contributed by atoms with E-state index in [-0.39, 0.29) is 4.90 Å². The minimum atomic E-state index is -3.94. The third kappa shape index (κ3) is 4.51. The second kappa shape index (κ2) is 9.16. The lowest BCUT2D eigenvalue weighted by atomic mass is 10.1. The second-order valence-corrected chi connectivity index (χ2v) is 9.20. The maximum absolute atomic E-state index is 13.7. The number of benzene rings is 3. The predicted octanol–water partition coefficient (Wildman–Crippen LogP) is 5.97. The van der Waals surface area contributed by atoms with Crippen molar-refractivity contribution < 1.29 is 17.9 Å². The molecule has 0 amide bonds. The van der Waals surface area contributed by atoms with Crippen molar-refractivity contribution in [3.05, 3.63) is 82.3 Å². The monoisotopic (exact) mass is 465 g/mol. The maximum atomic E-state index is 13.7. The summed E-state index contributed by atoms with van der Waals surface area (Å²) in [6.45, 7) is 1.79. The Kier molecular flexibility index (Phi) is 6.81. The van der Waals surface area contributed by atoms with Gasteiger partial charge >= 0.3 is 0 Å². The van der Waals surface area contributed by atoms with Crippen LogP contribution in [0.5, 0.6) is 11.5 Å². The van der Waals surface area contributed by atoms with Gasteiger partial charge in [0, 0.05) is 15.6 Å². The van der Waals surface area contributed by atoms with Crippen molar-refractivity contribution in [1.29, 1.82) is 0 Å². The lowest BCUT2D eigenvalue weighted by Gasteiger charge is -2.32. The largest absolute Gasteiger partial charge is 0.497 e. The van der Waals surface area contributed by atoms with E-state index < -0.39 is 16.1 Å². The van der Waals surface area contributed by atoms with Gasteiger partial charge in [0.15, 0.2) is 0 Å². The van der Waals surface area contributed by atoms with Crippen molar-refractivity contribution in [2.45, 2.75) is 17.9 Å². The van der Waals surface area contributed by atoms with Crippen LogP contribution in [0.15, 0.2) is 71.6 Å². The topological polar surface area (TPSA) is 55.8 Å². The number of rotatable bonds is 7. The molecular weight excluding hydrogens is 445 g/mol. The van der Waals surface area contributed by atoms with Crippen LogP contribution < -0.4 is 13.8 Å². The predicted molar refractivity (Wildman–Crippen MR) is 121 cm³/mol. The molecule has 0 aliphatic heterocycles. The number of anilines is 1. The van der Waals surface area contributed by atoms with Gasteiger partial charge in [0.25, 0.3) is 10.0 Å². The maximum Gasteiger partial charge on any atom is 0.264 e. The number of methoxy groups -OCH3 is 2. The molecule has 0 aliphatic rings. The smallest absolute Gasteiger partial charge is 0.264 e. The zero-order valence-corrected chi connectivity index (χ0v) is 19.0. The number of halogens is 2. The van der Waals surface area contributed by atoms with Crippen LogP contribution in [0.1, 0.15) is 18.5 Å². The van der Waals surface area contributed by atoms with Crippen LogP contribution >= 0.6 is 23.2 Å². The Morgan fingerprint density at radius 2 is 1.40 bits per heavy atom. The van der Waals surface area contributed by atoms with E-state index in [1.54, 1.807) is 75.7 Å². The Morgan fingerprint density at radius 1 is 0.833 bits per heavy atom. The molecule has 0 heterocycles. The van der Waals surface area contributed by atoms with E-state index in [1.165, 1.54) is 16.4 Å². The van der Waals surface area contributed by atoms with E-state index in [0.717, 1.165) is 0 Å². The van der Waals surface area contributed by atoms with Gasteiger partial charge < -0.3 is 9.47 Å². The number of hydrogen-bond donors (Lipinski definition) is 0. The molecule has 30 heavy (non-hydrogen) atoms. The van der Waals surface area contributed by atoms with E-state index in [4.69, 9.17) is 32.7 Å². The highest BCUT2D eigenvalue weighted by Gasteiger charge is 2.32. The number of hydrogen-bond acceptors (Lipinski definition) is 4. The Hall–Kier alpha value is -2.41. The minimum absolute atomic E-state index is 0.121. The summed E-state index contributed by atoms with van der Waals surface area (Å²) in [6.07, 6.45) is 0. The number of ether oxygens (including phenoxy) is 2. The molecule has 0 bridgehead atoms. The van der Waals surface area contributed by atoms with Crippen LogP contribution in [0, 0.1) is 0 Å². The Balaban J connectivity index is 2.20. The molecule has 0 aliphatic carbocycles. The summed E-state index contributed by atoms with van der Waals surface area (Å²) in [7, 11) is -0.847. The zero-order chi connectivity index (χ0) is 21.9. The van der Waals surface area contributed by atoms with Gasteiger partial charge in [0.2, 0.25) is 0 Å². The molecule has 0 fully saturated rings. The van der Waals surface area contributed by atoms with Gasteiger partial charge in [0.05, 0.1) is 30.8 Å². The van der Waals surface area contributed by atoms with Crippen LogP contribution in [0.2, 0.25) is 10.0 Å². The van der Waals surface area contributed by atoms with E-state index in [0.29, 0.717) is 32.8 Å². The van der Waals surface area contributed by atoms with Crippen molar-refractivity contribution in [3.63, 3.8) is 0 Å². The lowest BCUT2D eigenvalue weighted by Crippen LogP contribution is -2.34. The normalized spacial score (nSPS) is 12.3. The molecule has 8 heteroatoms. The van der Waals surface area contributed by atoms with Gasteiger partial charge in [-0.25, -0.2) is 8.42 Å². The first kappa shape index (κ1) is 22.3. The zero-order valence-electron chi connectivity index (χ0n) is 16.7. The van der Waals surface area contributed by atoms with Crippen molar-refractivity contribution in [1.82, 2.24) is 0 Å². The first-order valence-corrected chi connectivity index (χ1v) is 11.2. The molecule has 0 aromatic heterocycles. The van der Waals surface area contributed by atoms with Crippen molar-refractivity contribution in [3.8, 4) is 11.5 Å². The SMILES string of the molecule is COc1ccc(OC)c(C(C)N(c2ccc(Cl)cc2)S(=O)(=O)c2ccc(Cl)cc2)c1. The van der Waals surface area contributed by atoms with E-state index in [1.807, 2.05) is 0 Å². The molecule has 0 saturated carbocycles. The van der Waals surface area contributed by atoms with Crippen LogP contribution in [-0.2, 0) is 10.0 Å². The first-order valence-electron chi connectivity index (χ1n) is 9.05. The van der Waals surface area contributed by atoms with Gasteiger partial charge in [-0.3, -0.25) is 4.31 Å². The van der Waals surface area contributed by atoms with E-state index >= 15 is 0 Å². The van der Waals surface area contributed by atoms with E-state index in [2.05, 4.69) is 0 Å². The van der Waals surface area contributed by atoms with Crippen LogP contribution in [0.3, 0.4) is 0 Å². The average Bonchev–Trinajstić information content (AvgIpc) is 2.74. The fraction of sp³-hybridized carbons (Fsp3) is 0.182. The quantitative estimate of drug-likeness (QED) is 0.431. The summed E-state index contributed by atoms with van der Waals surface area (Å²) in [4.78, 5) is 0.121.